The molecule has 178 valence electrons. The number of hydrogen-bond acceptors (Lipinski definition) is 6. The molecule has 3 heterocycles. The minimum atomic E-state index is -2.87. The molecule has 0 saturated carbocycles. The number of halogens is 3. The van der Waals surface area contributed by atoms with Crippen molar-refractivity contribution in [1.82, 2.24) is 15.1 Å². The number of rotatable bonds is 6. The standard InChI is InChI=1S/C24H22ClF2N3O4/c25-17-5-3-14(4-6-17)20(31)19(13-7-9-33-10-8-13)30-12-16-2-1-15(11-18(16)24(30)32)22-28-29-23(34-22)21(26)27/h1-6,11,13,19-21,31H,7-10,12H2/t19-,20+/m1/s1. The van der Waals surface area contributed by atoms with Gasteiger partial charge in [0.05, 0.1) is 12.1 Å². The number of alkyl halides is 2. The van der Waals surface area contributed by atoms with E-state index in [1.54, 1.807) is 47.4 Å². The van der Waals surface area contributed by atoms with Crippen LogP contribution in [0.5, 0.6) is 0 Å². The highest BCUT2D eigenvalue weighted by molar-refractivity contribution is 6.30. The summed E-state index contributed by atoms with van der Waals surface area (Å²) in [5, 5.41) is 19.0. The first-order valence-electron chi connectivity index (χ1n) is 11.0. The van der Waals surface area contributed by atoms with Gasteiger partial charge in [-0.05, 0) is 54.2 Å². The van der Waals surface area contributed by atoms with Crippen molar-refractivity contribution in [1.29, 1.82) is 0 Å². The summed E-state index contributed by atoms with van der Waals surface area (Å²) in [5.74, 6) is -1.04. The Hall–Kier alpha value is -2.88. The van der Waals surface area contributed by atoms with Crippen molar-refractivity contribution in [2.24, 2.45) is 5.92 Å². The van der Waals surface area contributed by atoms with Gasteiger partial charge in [0.15, 0.2) is 0 Å². The number of aliphatic hydroxyl groups excluding tert-OH is 1. The fraction of sp³-hybridized carbons (Fsp3) is 0.375. The van der Waals surface area contributed by atoms with Crippen molar-refractivity contribution in [3.05, 3.63) is 70.1 Å². The Balaban J connectivity index is 1.46. The van der Waals surface area contributed by atoms with Crippen molar-refractivity contribution in [3.63, 3.8) is 0 Å². The van der Waals surface area contributed by atoms with E-state index in [1.807, 2.05) is 0 Å². The Morgan fingerprint density at radius 3 is 2.50 bits per heavy atom. The Kier molecular flexibility index (Phi) is 6.33. The number of amides is 1. The summed E-state index contributed by atoms with van der Waals surface area (Å²) in [6.07, 6.45) is -2.34. The highest BCUT2D eigenvalue weighted by Gasteiger charge is 2.41. The summed E-state index contributed by atoms with van der Waals surface area (Å²) in [5.41, 5.74) is 2.27. The zero-order chi connectivity index (χ0) is 23.8. The quantitative estimate of drug-likeness (QED) is 0.534. The molecule has 1 fully saturated rings. The molecular formula is C24H22ClF2N3O4. The molecule has 10 heteroatoms. The predicted molar refractivity (Wildman–Crippen MR) is 118 cm³/mol. The first-order valence-corrected chi connectivity index (χ1v) is 11.4. The van der Waals surface area contributed by atoms with Gasteiger partial charge >= 0.3 is 6.43 Å². The van der Waals surface area contributed by atoms with Crippen molar-refractivity contribution in [2.75, 3.05) is 13.2 Å². The van der Waals surface area contributed by atoms with Crippen LogP contribution in [0.1, 0.15) is 52.7 Å². The number of nitrogens with zero attached hydrogens (tertiary/aromatic N) is 3. The number of carbonyl (C=O) groups excluding carboxylic acids is 1. The molecule has 2 aliphatic heterocycles. The largest absolute Gasteiger partial charge is 0.415 e. The summed E-state index contributed by atoms with van der Waals surface area (Å²) in [6, 6.07) is 11.5. The lowest BCUT2D eigenvalue weighted by molar-refractivity contribution is -0.0213. The van der Waals surface area contributed by atoms with E-state index < -0.39 is 24.5 Å². The van der Waals surface area contributed by atoms with Gasteiger partial charge < -0.3 is 19.2 Å². The van der Waals surface area contributed by atoms with E-state index in [0.29, 0.717) is 41.5 Å². The predicted octanol–water partition coefficient (Wildman–Crippen LogP) is 4.81. The molecule has 0 spiro atoms. The second-order valence-electron chi connectivity index (χ2n) is 8.49. The van der Waals surface area contributed by atoms with Crippen molar-refractivity contribution >= 4 is 17.5 Å². The zero-order valence-corrected chi connectivity index (χ0v) is 18.8. The summed E-state index contributed by atoms with van der Waals surface area (Å²) in [7, 11) is 0. The Bertz CT molecular complexity index is 1180. The van der Waals surface area contributed by atoms with Gasteiger partial charge in [-0.25, -0.2) is 0 Å². The monoisotopic (exact) mass is 489 g/mol. The second kappa shape index (κ2) is 9.40. The van der Waals surface area contributed by atoms with Gasteiger partial charge in [-0.2, -0.15) is 8.78 Å². The molecule has 5 rings (SSSR count). The molecular weight excluding hydrogens is 468 g/mol. The van der Waals surface area contributed by atoms with E-state index in [9.17, 15) is 18.7 Å². The van der Waals surface area contributed by atoms with Gasteiger partial charge in [0, 0.05) is 35.9 Å². The maximum Gasteiger partial charge on any atom is 0.314 e. The van der Waals surface area contributed by atoms with E-state index >= 15 is 0 Å². The molecule has 34 heavy (non-hydrogen) atoms. The average molecular weight is 490 g/mol. The third-order valence-electron chi connectivity index (χ3n) is 6.46. The smallest absolute Gasteiger partial charge is 0.314 e. The molecule has 0 aliphatic carbocycles. The van der Waals surface area contributed by atoms with Crippen LogP contribution in [0, 0.1) is 5.92 Å². The highest BCUT2D eigenvalue weighted by atomic mass is 35.5. The Morgan fingerprint density at radius 1 is 1.09 bits per heavy atom. The van der Waals surface area contributed by atoms with E-state index in [4.69, 9.17) is 20.8 Å². The van der Waals surface area contributed by atoms with E-state index in [2.05, 4.69) is 10.2 Å². The molecule has 1 N–H and O–H groups in total. The van der Waals surface area contributed by atoms with Gasteiger partial charge in [-0.3, -0.25) is 4.79 Å². The van der Waals surface area contributed by atoms with Crippen LogP contribution in [0.3, 0.4) is 0 Å². The number of carbonyl (C=O) groups is 1. The van der Waals surface area contributed by atoms with E-state index in [-0.39, 0.29) is 17.7 Å². The van der Waals surface area contributed by atoms with Gasteiger partial charge in [-0.1, -0.05) is 29.8 Å². The summed E-state index contributed by atoms with van der Waals surface area (Å²) < 4.78 is 36.2. The van der Waals surface area contributed by atoms with E-state index in [1.165, 1.54) is 0 Å². The van der Waals surface area contributed by atoms with Crippen LogP contribution in [0.4, 0.5) is 8.78 Å². The minimum Gasteiger partial charge on any atom is -0.415 e. The van der Waals surface area contributed by atoms with Gasteiger partial charge in [0.25, 0.3) is 11.8 Å². The summed E-state index contributed by atoms with van der Waals surface area (Å²) >= 11 is 6.02. The van der Waals surface area contributed by atoms with E-state index in [0.717, 1.165) is 18.4 Å². The molecule has 1 aromatic heterocycles. The molecule has 2 aliphatic rings. The lowest BCUT2D eigenvalue weighted by Gasteiger charge is -2.39. The van der Waals surface area contributed by atoms with Crippen LogP contribution in [0.2, 0.25) is 5.02 Å². The maximum atomic E-state index is 13.5. The van der Waals surface area contributed by atoms with Gasteiger partial charge in [0.2, 0.25) is 5.89 Å². The van der Waals surface area contributed by atoms with Gasteiger partial charge in [0.1, 0.15) is 0 Å². The third-order valence-corrected chi connectivity index (χ3v) is 6.71. The number of benzene rings is 2. The van der Waals surface area contributed by atoms with Crippen LogP contribution < -0.4 is 0 Å². The maximum absolute atomic E-state index is 13.5. The Morgan fingerprint density at radius 2 is 1.82 bits per heavy atom. The number of ether oxygens (including phenoxy) is 1. The normalized spacial score (nSPS) is 18.4. The van der Waals surface area contributed by atoms with Crippen LogP contribution in [-0.4, -0.2) is 45.4 Å². The molecule has 0 bridgehead atoms. The number of fused-ring (bicyclic) bond motifs is 1. The lowest BCUT2D eigenvalue weighted by Crippen LogP contribution is -2.46. The third kappa shape index (κ3) is 4.31. The second-order valence-corrected chi connectivity index (χ2v) is 8.92. The van der Waals surface area contributed by atoms with Crippen molar-refractivity contribution in [3.8, 4) is 11.5 Å². The lowest BCUT2D eigenvalue weighted by atomic mass is 9.84. The molecule has 1 amide bonds. The fourth-order valence-corrected chi connectivity index (χ4v) is 4.86. The SMILES string of the molecule is O=C1c2cc(-c3nnc(C(F)F)o3)ccc2CN1[C@H](C1CCOCC1)[C@@H](O)c1ccc(Cl)cc1. The van der Waals surface area contributed by atoms with Crippen molar-refractivity contribution in [2.45, 2.75) is 38.0 Å². The average Bonchev–Trinajstić information content (AvgIpc) is 3.46. The van der Waals surface area contributed by atoms with Crippen LogP contribution in [0.25, 0.3) is 11.5 Å². The Labute approximate surface area is 199 Å². The molecule has 1 saturated heterocycles. The molecule has 7 nitrogen and oxygen atoms in total. The van der Waals surface area contributed by atoms with Gasteiger partial charge in [-0.15, -0.1) is 10.2 Å². The molecule has 3 aromatic rings. The highest BCUT2D eigenvalue weighted by Crippen LogP contribution is 2.38. The first kappa shape index (κ1) is 22.9. The first-order chi connectivity index (χ1) is 16.4. The zero-order valence-electron chi connectivity index (χ0n) is 18.0. The van der Waals surface area contributed by atoms with Crippen LogP contribution >= 0.6 is 11.6 Å². The number of aromatic nitrogens is 2. The number of hydrogen-bond donors (Lipinski definition) is 1. The molecule has 0 unspecified atom stereocenters. The van der Waals surface area contributed by atoms with Crippen LogP contribution in [0.15, 0.2) is 46.9 Å². The topological polar surface area (TPSA) is 88.7 Å². The number of aliphatic hydroxyl groups is 1. The van der Waals surface area contributed by atoms with Crippen molar-refractivity contribution < 1.29 is 27.8 Å². The summed E-state index contributed by atoms with van der Waals surface area (Å²) in [6.45, 7) is 1.46. The molecule has 0 radical (unpaired) electrons. The molecule has 2 atom stereocenters. The van der Waals surface area contributed by atoms with Crippen LogP contribution in [-0.2, 0) is 11.3 Å². The minimum absolute atomic E-state index is 0.0432. The molecule has 2 aromatic carbocycles. The summed E-state index contributed by atoms with van der Waals surface area (Å²) in [4.78, 5) is 15.2. The fourth-order valence-electron chi connectivity index (χ4n) is 4.73.